The number of fused-ring (bicyclic) bond motifs is 5. The number of methoxy groups -OCH3 is 2. The van der Waals surface area contributed by atoms with Crippen molar-refractivity contribution in [3.05, 3.63) is 47.5 Å². The molecule has 5 rings (SSSR count). The minimum Gasteiger partial charge on any atom is -0.493 e. The van der Waals surface area contributed by atoms with Gasteiger partial charge in [0.05, 0.1) is 32.1 Å². The van der Waals surface area contributed by atoms with Crippen molar-refractivity contribution in [2.24, 2.45) is 5.92 Å². The third kappa shape index (κ3) is 4.40. The molecule has 1 aromatic heterocycles. The Labute approximate surface area is 207 Å². The number of ether oxygens (including phenoxy) is 3. The second kappa shape index (κ2) is 10.3. The van der Waals surface area contributed by atoms with Gasteiger partial charge < -0.3 is 24.1 Å². The molecule has 0 saturated heterocycles. The van der Waals surface area contributed by atoms with Crippen LogP contribution < -0.4 is 14.8 Å². The van der Waals surface area contributed by atoms with Gasteiger partial charge in [-0.3, -0.25) is 0 Å². The highest BCUT2D eigenvalue weighted by atomic mass is 16.5. The van der Waals surface area contributed by atoms with Gasteiger partial charge in [-0.05, 0) is 68.6 Å². The van der Waals surface area contributed by atoms with Gasteiger partial charge in [-0.25, -0.2) is 4.79 Å². The molecule has 0 spiro atoms. The van der Waals surface area contributed by atoms with Crippen molar-refractivity contribution in [2.75, 3.05) is 34.4 Å². The van der Waals surface area contributed by atoms with Crippen molar-refractivity contribution in [3.63, 3.8) is 0 Å². The second-order valence-electron chi connectivity index (χ2n) is 9.84. The van der Waals surface area contributed by atoms with Crippen LogP contribution in [0.2, 0.25) is 0 Å². The monoisotopic (exact) mass is 476 g/mol. The van der Waals surface area contributed by atoms with E-state index in [-0.39, 0.29) is 5.97 Å². The summed E-state index contributed by atoms with van der Waals surface area (Å²) in [7, 11) is 5.13. The average molecular weight is 477 g/mol. The van der Waals surface area contributed by atoms with Crippen LogP contribution in [0.1, 0.15) is 60.4 Å². The number of esters is 1. The normalized spacial score (nSPS) is 18.2. The number of carbonyl (C=O) groups is 1. The first-order valence-corrected chi connectivity index (χ1v) is 12.9. The molecule has 0 radical (unpaired) electrons. The molecule has 1 fully saturated rings. The van der Waals surface area contributed by atoms with Gasteiger partial charge in [0.1, 0.15) is 0 Å². The number of carbonyl (C=O) groups excluding carboxylic acids is 1. The van der Waals surface area contributed by atoms with E-state index < -0.39 is 0 Å². The summed E-state index contributed by atoms with van der Waals surface area (Å²) in [6.45, 7) is 2.37. The lowest BCUT2D eigenvalue weighted by atomic mass is 9.81. The summed E-state index contributed by atoms with van der Waals surface area (Å²) in [5.74, 6) is 2.08. The summed E-state index contributed by atoms with van der Waals surface area (Å²) < 4.78 is 19.8. The first kappa shape index (κ1) is 23.7. The lowest BCUT2D eigenvalue weighted by molar-refractivity contribution is 0.0601. The largest absolute Gasteiger partial charge is 0.493 e. The molecule has 1 aliphatic carbocycles. The van der Waals surface area contributed by atoms with E-state index in [1.807, 2.05) is 31.3 Å². The van der Waals surface area contributed by atoms with Crippen molar-refractivity contribution in [1.82, 2.24) is 9.88 Å². The van der Waals surface area contributed by atoms with Crippen LogP contribution in [0.5, 0.6) is 11.5 Å². The Bertz CT molecular complexity index is 1210. The standard InChI is InChI=1S/C29H36N2O4/c1-30-15-14-19-17-31-24-16-21(29(32)34-3)12-13-22(24)26(20-8-5-4-6-9-20)27(31)23-10-7-11-25(33-2)28(23)35-18-19/h7,10-13,16,19-20,30H,4-6,8-9,14-15,17-18H2,1-3H3/t19-/m1/s1. The molecule has 2 aromatic carbocycles. The molecule has 6 heteroatoms. The molecule has 1 saturated carbocycles. The maximum absolute atomic E-state index is 12.5. The number of nitrogens with one attached hydrogen (secondary N) is 1. The molecule has 35 heavy (non-hydrogen) atoms. The van der Waals surface area contributed by atoms with E-state index >= 15 is 0 Å². The number of aromatic nitrogens is 1. The van der Waals surface area contributed by atoms with E-state index in [2.05, 4.69) is 22.0 Å². The number of rotatable bonds is 6. The third-order valence-corrected chi connectivity index (χ3v) is 7.70. The average Bonchev–Trinajstić information content (AvgIpc) is 3.21. The van der Waals surface area contributed by atoms with E-state index in [0.29, 0.717) is 24.0 Å². The fraction of sp³-hybridized carbons (Fsp3) is 0.483. The maximum Gasteiger partial charge on any atom is 0.337 e. The van der Waals surface area contributed by atoms with Crippen LogP contribution in [0, 0.1) is 5.92 Å². The Balaban J connectivity index is 1.81. The number of hydrogen-bond donors (Lipinski definition) is 1. The zero-order valence-corrected chi connectivity index (χ0v) is 21.1. The summed E-state index contributed by atoms with van der Waals surface area (Å²) in [5, 5.41) is 4.53. The lowest BCUT2D eigenvalue weighted by Crippen LogP contribution is -2.25. The SMILES string of the molecule is CNCC[C@H]1COc2c(OC)cccc2-c2c(C3CCCCC3)c3ccc(C(=O)OC)cc3n2C1. The summed E-state index contributed by atoms with van der Waals surface area (Å²) in [6, 6.07) is 12.3. The van der Waals surface area contributed by atoms with Crippen molar-refractivity contribution in [3.8, 4) is 22.8 Å². The lowest BCUT2D eigenvalue weighted by Gasteiger charge is -2.28. The molecule has 0 unspecified atom stereocenters. The molecule has 0 amide bonds. The number of hydrogen-bond acceptors (Lipinski definition) is 5. The molecule has 186 valence electrons. The first-order valence-electron chi connectivity index (χ1n) is 12.9. The number of benzene rings is 2. The molecular formula is C29H36N2O4. The second-order valence-corrected chi connectivity index (χ2v) is 9.84. The van der Waals surface area contributed by atoms with Crippen LogP contribution in [-0.4, -0.2) is 45.0 Å². The van der Waals surface area contributed by atoms with Crippen molar-refractivity contribution < 1.29 is 19.0 Å². The Morgan fingerprint density at radius 3 is 2.71 bits per heavy atom. The first-order chi connectivity index (χ1) is 17.2. The van der Waals surface area contributed by atoms with Gasteiger partial charge >= 0.3 is 5.97 Å². The summed E-state index contributed by atoms with van der Waals surface area (Å²) >= 11 is 0. The van der Waals surface area contributed by atoms with E-state index in [1.54, 1.807) is 7.11 Å². The Kier molecular flexibility index (Phi) is 7.00. The summed E-state index contributed by atoms with van der Waals surface area (Å²) in [6.07, 6.45) is 7.18. The Morgan fingerprint density at radius 1 is 1.14 bits per heavy atom. The molecule has 3 aromatic rings. The number of nitrogens with zero attached hydrogens (tertiary/aromatic N) is 1. The fourth-order valence-corrected chi connectivity index (χ4v) is 5.95. The molecule has 1 N–H and O–H groups in total. The molecule has 0 bridgehead atoms. The van der Waals surface area contributed by atoms with Gasteiger partial charge in [0.2, 0.25) is 0 Å². The molecule has 6 nitrogen and oxygen atoms in total. The van der Waals surface area contributed by atoms with Crippen LogP contribution in [-0.2, 0) is 11.3 Å². The van der Waals surface area contributed by atoms with Gasteiger partial charge in [-0.1, -0.05) is 31.4 Å². The maximum atomic E-state index is 12.5. The van der Waals surface area contributed by atoms with Gasteiger partial charge in [0, 0.05) is 28.9 Å². The summed E-state index contributed by atoms with van der Waals surface area (Å²) in [4.78, 5) is 12.5. The summed E-state index contributed by atoms with van der Waals surface area (Å²) in [5.41, 5.74) is 5.38. The quantitative estimate of drug-likeness (QED) is 0.458. The smallest absolute Gasteiger partial charge is 0.337 e. The predicted octanol–water partition coefficient (Wildman–Crippen LogP) is 5.77. The zero-order valence-electron chi connectivity index (χ0n) is 21.1. The highest BCUT2D eigenvalue weighted by molar-refractivity contribution is 5.99. The third-order valence-electron chi connectivity index (χ3n) is 7.70. The van der Waals surface area contributed by atoms with E-state index in [0.717, 1.165) is 42.1 Å². The fourth-order valence-electron chi connectivity index (χ4n) is 5.95. The minimum atomic E-state index is -0.301. The van der Waals surface area contributed by atoms with Crippen molar-refractivity contribution >= 4 is 16.9 Å². The number of para-hydroxylation sites is 1. The van der Waals surface area contributed by atoms with Gasteiger partial charge in [-0.2, -0.15) is 0 Å². The molecule has 2 aliphatic rings. The predicted molar refractivity (Wildman–Crippen MR) is 139 cm³/mol. The highest BCUT2D eigenvalue weighted by Crippen LogP contribution is 2.49. The molecule has 2 heterocycles. The van der Waals surface area contributed by atoms with E-state index in [4.69, 9.17) is 14.2 Å². The van der Waals surface area contributed by atoms with Crippen molar-refractivity contribution in [1.29, 1.82) is 0 Å². The Hall–Kier alpha value is -2.99. The van der Waals surface area contributed by atoms with Crippen molar-refractivity contribution in [2.45, 2.75) is 51.0 Å². The van der Waals surface area contributed by atoms with Crippen LogP contribution in [0.15, 0.2) is 36.4 Å². The molecule has 1 aliphatic heterocycles. The Morgan fingerprint density at radius 2 is 1.97 bits per heavy atom. The van der Waals surface area contributed by atoms with Gasteiger partial charge in [0.15, 0.2) is 11.5 Å². The highest BCUT2D eigenvalue weighted by Gasteiger charge is 2.31. The van der Waals surface area contributed by atoms with Gasteiger partial charge in [0.25, 0.3) is 0 Å². The van der Waals surface area contributed by atoms with Gasteiger partial charge in [-0.15, -0.1) is 0 Å². The van der Waals surface area contributed by atoms with Crippen LogP contribution in [0.3, 0.4) is 0 Å². The van der Waals surface area contributed by atoms with Crippen LogP contribution >= 0.6 is 0 Å². The van der Waals surface area contributed by atoms with Crippen LogP contribution in [0.4, 0.5) is 0 Å². The van der Waals surface area contributed by atoms with E-state index in [9.17, 15) is 4.79 Å². The molecular weight excluding hydrogens is 440 g/mol. The topological polar surface area (TPSA) is 61.7 Å². The zero-order chi connectivity index (χ0) is 24.4. The molecule has 1 atom stereocenters. The van der Waals surface area contributed by atoms with Crippen LogP contribution in [0.25, 0.3) is 22.2 Å². The van der Waals surface area contributed by atoms with E-state index in [1.165, 1.54) is 55.9 Å². The minimum absolute atomic E-state index is 0.301.